The second kappa shape index (κ2) is 15.7. The van der Waals surface area contributed by atoms with Crippen molar-refractivity contribution in [3.63, 3.8) is 0 Å². The fraction of sp³-hybridized carbons (Fsp3) is 0.286. The summed E-state index contributed by atoms with van der Waals surface area (Å²) >= 11 is 6.69. The number of aromatic nitrogens is 1. The quantitative estimate of drug-likeness (QED) is 0.181. The Labute approximate surface area is 319 Å². The number of morpholine rings is 1. The molecule has 0 bridgehead atoms. The van der Waals surface area contributed by atoms with Gasteiger partial charge < -0.3 is 19.3 Å². The Bertz CT molecular complexity index is 2130. The Hall–Kier alpha value is -4.67. The van der Waals surface area contributed by atoms with Gasteiger partial charge in [0.1, 0.15) is 11.6 Å². The summed E-state index contributed by atoms with van der Waals surface area (Å²) in [5.41, 5.74) is 6.54. The highest BCUT2D eigenvalue weighted by Crippen LogP contribution is 2.38. The molecule has 0 radical (unpaired) electrons. The molecule has 8 nitrogen and oxygen atoms in total. The maximum atomic E-state index is 14.9. The minimum Gasteiger partial charge on any atom is -0.508 e. The van der Waals surface area contributed by atoms with Gasteiger partial charge in [-0.1, -0.05) is 41.9 Å². The Balaban J connectivity index is 0.00000435. The van der Waals surface area contributed by atoms with Gasteiger partial charge in [-0.25, -0.2) is 4.39 Å². The van der Waals surface area contributed by atoms with E-state index in [0.29, 0.717) is 65.8 Å². The van der Waals surface area contributed by atoms with Gasteiger partial charge in [0.15, 0.2) is 0 Å². The predicted molar refractivity (Wildman–Crippen MR) is 207 cm³/mol. The molecule has 1 saturated heterocycles. The first kappa shape index (κ1) is 36.7. The summed E-state index contributed by atoms with van der Waals surface area (Å²) in [5.74, 6) is -0.824. The summed E-state index contributed by atoms with van der Waals surface area (Å²) in [6.07, 6.45) is 3.25. The lowest BCUT2D eigenvalue weighted by Gasteiger charge is -2.40. The molecule has 0 spiro atoms. The van der Waals surface area contributed by atoms with Gasteiger partial charge in [-0.2, -0.15) is 0 Å². The molecular weight excluding hydrogens is 714 g/mol. The first-order chi connectivity index (χ1) is 25.3. The molecule has 11 heteroatoms. The van der Waals surface area contributed by atoms with E-state index >= 15 is 0 Å². The number of hydrogen-bond donors (Lipinski definition) is 1. The van der Waals surface area contributed by atoms with Gasteiger partial charge in [0, 0.05) is 72.0 Å². The summed E-state index contributed by atoms with van der Waals surface area (Å²) in [5, 5.41) is 10.5. The number of fused-ring (bicyclic) bond motifs is 2. The average molecular weight is 756 g/mol. The van der Waals surface area contributed by atoms with E-state index in [1.165, 1.54) is 34.7 Å². The molecule has 274 valence electrons. The SMILES string of the molecule is Cl.O=C(c1cc(-c2cc(Cl)ccc2C(=O)N2Cc3ccccc3C[C@H]2CN2CCOCC2)n2c1CCCC2)N(c1ccc(O)cc1)c1cccc(F)c1. The van der Waals surface area contributed by atoms with Gasteiger partial charge in [0.25, 0.3) is 11.8 Å². The molecule has 3 aliphatic heterocycles. The van der Waals surface area contributed by atoms with Crippen LogP contribution in [0.15, 0.2) is 97.1 Å². The summed E-state index contributed by atoms with van der Waals surface area (Å²) in [6, 6.07) is 27.8. The van der Waals surface area contributed by atoms with Crippen molar-refractivity contribution in [2.24, 2.45) is 0 Å². The molecule has 4 aromatic carbocycles. The summed E-state index contributed by atoms with van der Waals surface area (Å²) in [4.78, 5) is 35.5. The number of benzene rings is 4. The molecule has 1 fully saturated rings. The molecular formula is C42H41Cl2FN4O4. The molecule has 1 N–H and O–H groups in total. The van der Waals surface area contributed by atoms with Crippen LogP contribution in [0, 0.1) is 5.82 Å². The number of nitrogens with zero attached hydrogens (tertiary/aromatic N) is 4. The monoisotopic (exact) mass is 754 g/mol. The van der Waals surface area contributed by atoms with Crippen LogP contribution in [0.5, 0.6) is 5.75 Å². The fourth-order valence-corrected chi connectivity index (χ4v) is 8.12. The Morgan fingerprint density at radius 1 is 0.849 bits per heavy atom. The van der Waals surface area contributed by atoms with Crippen LogP contribution in [0.2, 0.25) is 5.02 Å². The highest BCUT2D eigenvalue weighted by molar-refractivity contribution is 6.31. The van der Waals surface area contributed by atoms with E-state index in [0.717, 1.165) is 55.8 Å². The number of phenols is 1. The number of ether oxygens (including phenoxy) is 1. The van der Waals surface area contributed by atoms with Gasteiger partial charge in [0.2, 0.25) is 0 Å². The zero-order valence-electron chi connectivity index (χ0n) is 29.2. The lowest BCUT2D eigenvalue weighted by atomic mass is 9.92. The maximum Gasteiger partial charge on any atom is 0.264 e. The molecule has 3 aliphatic rings. The van der Waals surface area contributed by atoms with Crippen molar-refractivity contribution < 1.29 is 23.8 Å². The molecule has 8 rings (SSSR count). The summed E-state index contributed by atoms with van der Waals surface area (Å²) in [6.45, 7) is 4.95. The molecule has 1 atom stereocenters. The van der Waals surface area contributed by atoms with Crippen LogP contribution in [0.4, 0.5) is 15.8 Å². The zero-order chi connectivity index (χ0) is 35.8. The van der Waals surface area contributed by atoms with Crippen LogP contribution in [0.25, 0.3) is 11.3 Å². The molecule has 53 heavy (non-hydrogen) atoms. The van der Waals surface area contributed by atoms with Crippen molar-refractivity contribution in [1.29, 1.82) is 0 Å². The molecule has 2 amide bonds. The van der Waals surface area contributed by atoms with Crippen molar-refractivity contribution in [3.8, 4) is 17.0 Å². The highest BCUT2D eigenvalue weighted by atomic mass is 35.5. The largest absolute Gasteiger partial charge is 0.508 e. The first-order valence-electron chi connectivity index (χ1n) is 17.9. The Morgan fingerprint density at radius 3 is 2.40 bits per heavy atom. The average Bonchev–Trinajstić information content (AvgIpc) is 3.55. The zero-order valence-corrected chi connectivity index (χ0v) is 30.8. The standard InChI is InChI=1S/C42H40ClFN4O4.ClH/c43-30-11-16-36(41(50)47-26-29-7-2-1-6-28(29)22-34(47)27-45-18-20-52-21-19-45)37(23-30)40-25-38(39-10-3-4-17-46(39)40)42(51)48(32-12-14-35(49)15-13-32)33-9-5-8-31(44)24-33;/h1-2,5-9,11-16,23-25,34,49H,3-4,10,17-22,26-27H2;1H/t34-;/m0./s1. The number of carbonyl (C=O) groups excluding carboxylic acids is 2. The van der Waals surface area contributed by atoms with Gasteiger partial charge >= 0.3 is 0 Å². The third kappa shape index (κ3) is 7.44. The topological polar surface area (TPSA) is 78.3 Å². The van der Waals surface area contributed by atoms with E-state index in [2.05, 4.69) is 27.7 Å². The number of rotatable bonds is 7. The number of phenolic OH excluding ortho intramolecular Hbond substituents is 1. The van der Waals surface area contributed by atoms with Crippen molar-refractivity contribution in [2.75, 3.05) is 37.7 Å². The highest BCUT2D eigenvalue weighted by Gasteiger charge is 2.35. The minimum atomic E-state index is -0.469. The molecule has 0 saturated carbocycles. The normalized spacial score (nSPS) is 17.0. The second-order valence-corrected chi connectivity index (χ2v) is 14.2. The van der Waals surface area contributed by atoms with Gasteiger partial charge in [-0.15, -0.1) is 12.4 Å². The van der Waals surface area contributed by atoms with Crippen molar-refractivity contribution in [1.82, 2.24) is 14.4 Å². The van der Waals surface area contributed by atoms with E-state index in [1.54, 1.807) is 30.3 Å². The molecule has 4 heterocycles. The lowest BCUT2D eigenvalue weighted by molar-refractivity contribution is 0.0193. The van der Waals surface area contributed by atoms with Crippen molar-refractivity contribution in [2.45, 2.75) is 44.8 Å². The third-order valence-corrected chi connectivity index (χ3v) is 10.8. The summed E-state index contributed by atoms with van der Waals surface area (Å²) in [7, 11) is 0. The molecule has 0 unspecified atom stereocenters. The third-order valence-electron chi connectivity index (χ3n) is 10.5. The maximum absolute atomic E-state index is 14.9. The minimum absolute atomic E-state index is 0. The Kier molecular flexibility index (Phi) is 10.9. The van der Waals surface area contributed by atoms with Crippen molar-refractivity contribution >= 4 is 47.2 Å². The van der Waals surface area contributed by atoms with E-state index < -0.39 is 5.82 Å². The van der Waals surface area contributed by atoms with Gasteiger partial charge in [-0.05, 0) is 104 Å². The van der Waals surface area contributed by atoms with Crippen LogP contribution >= 0.6 is 24.0 Å². The van der Waals surface area contributed by atoms with E-state index in [9.17, 15) is 19.1 Å². The molecule has 0 aliphatic carbocycles. The van der Waals surface area contributed by atoms with Gasteiger partial charge in [-0.3, -0.25) is 19.4 Å². The summed E-state index contributed by atoms with van der Waals surface area (Å²) < 4.78 is 22.3. The van der Waals surface area contributed by atoms with Crippen LogP contribution in [-0.4, -0.2) is 70.2 Å². The van der Waals surface area contributed by atoms with Crippen molar-refractivity contribution in [3.05, 3.63) is 136 Å². The van der Waals surface area contributed by atoms with Crippen LogP contribution in [-0.2, 0) is 30.7 Å². The molecule has 1 aromatic heterocycles. The number of hydrogen-bond acceptors (Lipinski definition) is 5. The van der Waals surface area contributed by atoms with Crippen LogP contribution in [0.1, 0.15) is 50.4 Å². The van der Waals surface area contributed by atoms with Crippen LogP contribution < -0.4 is 4.90 Å². The number of carbonyl (C=O) groups is 2. The number of amides is 2. The number of halogens is 3. The number of aromatic hydroxyl groups is 1. The van der Waals surface area contributed by atoms with Crippen LogP contribution in [0.3, 0.4) is 0 Å². The predicted octanol–water partition coefficient (Wildman–Crippen LogP) is 8.29. The van der Waals surface area contributed by atoms with E-state index in [-0.39, 0.29) is 36.0 Å². The lowest BCUT2D eigenvalue weighted by Crippen LogP contribution is -2.52. The van der Waals surface area contributed by atoms with E-state index in [4.69, 9.17) is 16.3 Å². The number of anilines is 2. The molecule has 5 aromatic rings. The second-order valence-electron chi connectivity index (χ2n) is 13.8. The fourth-order valence-electron chi connectivity index (χ4n) is 7.95. The van der Waals surface area contributed by atoms with E-state index in [1.807, 2.05) is 29.2 Å². The smallest absolute Gasteiger partial charge is 0.264 e. The first-order valence-corrected chi connectivity index (χ1v) is 18.3. The van der Waals surface area contributed by atoms with Gasteiger partial charge in [0.05, 0.1) is 24.5 Å². The Morgan fingerprint density at radius 2 is 1.62 bits per heavy atom.